The van der Waals surface area contributed by atoms with Crippen LogP contribution in [0.4, 0.5) is 0 Å². The third-order valence-electron chi connectivity index (χ3n) is 3.71. The summed E-state index contributed by atoms with van der Waals surface area (Å²) in [6, 6.07) is -0.928. The Morgan fingerprint density at radius 2 is 2.06 bits per heavy atom. The maximum atomic E-state index is 12.0. The number of amides is 1. The van der Waals surface area contributed by atoms with Gasteiger partial charge in [-0.05, 0) is 44.1 Å². The summed E-state index contributed by atoms with van der Waals surface area (Å²) in [4.78, 5) is 23.1. The van der Waals surface area contributed by atoms with Crippen LogP contribution in [0.25, 0.3) is 0 Å². The molecule has 5 heteroatoms. The van der Waals surface area contributed by atoms with Gasteiger partial charge in [0.1, 0.15) is 6.04 Å². The molecule has 0 aromatic heterocycles. The molecule has 0 bridgehead atoms. The smallest absolute Gasteiger partial charge is 0.326 e. The van der Waals surface area contributed by atoms with Crippen LogP contribution < -0.4 is 10.6 Å². The molecule has 0 aromatic carbocycles. The summed E-state index contributed by atoms with van der Waals surface area (Å²) < 4.78 is 0. The van der Waals surface area contributed by atoms with Gasteiger partial charge in [0.05, 0.1) is 6.04 Å². The zero-order valence-corrected chi connectivity index (χ0v) is 10.1. The number of piperidine rings is 1. The fraction of sp³-hybridized carbons (Fsp3) is 0.833. The molecular weight excluding hydrogens is 220 g/mol. The van der Waals surface area contributed by atoms with Crippen LogP contribution in [0.1, 0.15) is 32.6 Å². The molecule has 96 valence electrons. The molecule has 3 N–H and O–H groups in total. The van der Waals surface area contributed by atoms with E-state index in [9.17, 15) is 9.59 Å². The topological polar surface area (TPSA) is 78.4 Å². The minimum atomic E-state index is -0.913. The lowest BCUT2D eigenvalue weighted by atomic mass is 9.92. The molecule has 3 atom stereocenters. The van der Waals surface area contributed by atoms with Crippen LogP contribution >= 0.6 is 0 Å². The second kappa shape index (κ2) is 5.04. The van der Waals surface area contributed by atoms with E-state index in [1.165, 1.54) is 0 Å². The summed E-state index contributed by atoms with van der Waals surface area (Å²) >= 11 is 0. The Kier molecular flexibility index (Phi) is 3.66. The number of hydrogen-bond donors (Lipinski definition) is 3. The van der Waals surface area contributed by atoms with Crippen molar-refractivity contribution >= 4 is 11.9 Å². The summed E-state index contributed by atoms with van der Waals surface area (Å²) in [5.74, 6) is -0.659. The van der Waals surface area contributed by atoms with E-state index in [-0.39, 0.29) is 23.8 Å². The van der Waals surface area contributed by atoms with Crippen molar-refractivity contribution in [2.75, 3.05) is 6.54 Å². The summed E-state index contributed by atoms with van der Waals surface area (Å²) in [5.41, 5.74) is 0. The summed E-state index contributed by atoms with van der Waals surface area (Å²) in [6.07, 6.45) is 3.91. The van der Waals surface area contributed by atoms with E-state index in [4.69, 9.17) is 5.11 Å². The van der Waals surface area contributed by atoms with Crippen molar-refractivity contribution in [1.29, 1.82) is 0 Å². The molecule has 5 nitrogen and oxygen atoms in total. The molecule has 17 heavy (non-hydrogen) atoms. The predicted molar refractivity (Wildman–Crippen MR) is 62.5 cm³/mol. The molecule has 1 saturated heterocycles. The fourth-order valence-corrected chi connectivity index (χ4v) is 2.45. The van der Waals surface area contributed by atoms with E-state index in [0.29, 0.717) is 0 Å². The first-order chi connectivity index (χ1) is 8.09. The van der Waals surface area contributed by atoms with Gasteiger partial charge in [0.15, 0.2) is 0 Å². The van der Waals surface area contributed by atoms with E-state index < -0.39 is 12.0 Å². The number of aliphatic carboxylic acids is 1. The second-order valence-electron chi connectivity index (χ2n) is 5.21. The van der Waals surface area contributed by atoms with Gasteiger partial charge in [0.2, 0.25) is 5.91 Å². The molecule has 1 heterocycles. The van der Waals surface area contributed by atoms with Gasteiger partial charge >= 0.3 is 5.97 Å². The SMILES string of the molecule is CC1CCCNC1C(=O)NC(C(=O)O)C1CC1. The average Bonchev–Trinajstić information content (AvgIpc) is 3.09. The molecule has 2 rings (SSSR count). The van der Waals surface area contributed by atoms with Gasteiger partial charge in [-0.2, -0.15) is 0 Å². The van der Waals surface area contributed by atoms with Gasteiger partial charge in [0.25, 0.3) is 0 Å². The van der Waals surface area contributed by atoms with Crippen molar-refractivity contribution in [3.05, 3.63) is 0 Å². The first-order valence-electron chi connectivity index (χ1n) is 6.36. The van der Waals surface area contributed by atoms with E-state index in [1.54, 1.807) is 0 Å². The van der Waals surface area contributed by atoms with Gasteiger partial charge in [-0.1, -0.05) is 6.92 Å². The zero-order chi connectivity index (χ0) is 12.4. The Labute approximate surface area is 101 Å². The van der Waals surface area contributed by atoms with E-state index in [0.717, 1.165) is 32.2 Å². The van der Waals surface area contributed by atoms with Crippen LogP contribution in [-0.2, 0) is 9.59 Å². The summed E-state index contributed by atoms with van der Waals surface area (Å²) in [6.45, 7) is 2.87. The third-order valence-corrected chi connectivity index (χ3v) is 3.71. The van der Waals surface area contributed by atoms with Gasteiger partial charge in [0, 0.05) is 0 Å². The van der Waals surface area contributed by atoms with E-state index >= 15 is 0 Å². The summed E-state index contributed by atoms with van der Waals surface area (Å²) in [7, 11) is 0. The van der Waals surface area contributed by atoms with E-state index in [2.05, 4.69) is 10.6 Å². The Morgan fingerprint density at radius 3 is 2.59 bits per heavy atom. The lowest BCUT2D eigenvalue weighted by Gasteiger charge is -2.30. The van der Waals surface area contributed by atoms with Crippen LogP contribution in [0.5, 0.6) is 0 Å². The van der Waals surface area contributed by atoms with Gasteiger partial charge in [-0.15, -0.1) is 0 Å². The highest BCUT2D eigenvalue weighted by Gasteiger charge is 2.39. The van der Waals surface area contributed by atoms with Gasteiger partial charge < -0.3 is 15.7 Å². The highest BCUT2D eigenvalue weighted by atomic mass is 16.4. The monoisotopic (exact) mass is 240 g/mol. The summed E-state index contributed by atoms with van der Waals surface area (Å²) in [5, 5.41) is 14.9. The van der Waals surface area contributed by atoms with Crippen molar-refractivity contribution in [2.24, 2.45) is 11.8 Å². The maximum absolute atomic E-state index is 12.0. The molecule has 1 aliphatic carbocycles. The first-order valence-corrected chi connectivity index (χ1v) is 6.36. The third kappa shape index (κ3) is 2.97. The molecule has 2 aliphatic rings. The first kappa shape index (κ1) is 12.4. The van der Waals surface area contributed by atoms with Crippen molar-refractivity contribution in [3.8, 4) is 0 Å². The number of nitrogens with one attached hydrogen (secondary N) is 2. The Hall–Kier alpha value is -1.10. The van der Waals surface area contributed by atoms with Crippen LogP contribution in [0.2, 0.25) is 0 Å². The van der Waals surface area contributed by atoms with Crippen LogP contribution in [0.3, 0.4) is 0 Å². The maximum Gasteiger partial charge on any atom is 0.326 e. The van der Waals surface area contributed by atoms with Crippen molar-refractivity contribution in [2.45, 2.75) is 44.7 Å². The molecule has 2 fully saturated rings. The molecule has 0 aromatic rings. The number of carbonyl (C=O) groups is 2. The lowest BCUT2D eigenvalue weighted by molar-refractivity contribution is -0.143. The van der Waals surface area contributed by atoms with Crippen LogP contribution in [0.15, 0.2) is 0 Å². The minimum Gasteiger partial charge on any atom is -0.480 e. The Morgan fingerprint density at radius 1 is 1.35 bits per heavy atom. The van der Waals surface area contributed by atoms with Crippen LogP contribution in [0, 0.1) is 11.8 Å². The van der Waals surface area contributed by atoms with E-state index in [1.807, 2.05) is 6.92 Å². The largest absolute Gasteiger partial charge is 0.480 e. The Bertz CT molecular complexity index is 315. The molecule has 3 unspecified atom stereocenters. The fourth-order valence-electron chi connectivity index (χ4n) is 2.45. The number of hydrogen-bond acceptors (Lipinski definition) is 3. The highest BCUT2D eigenvalue weighted by molar-refractivity contribution is 5.87. The van der Waals surface area contributed by atoms with Gasteiger partial charge in [-0.3, -0.25) is 4.79 Å². The van der Waals surface area contributed by atoms with Crippen molar-refractivity contribution in [1.82, 2.24) is 10.6 Å². The molecule has 0 spiro atoms. The quantitative estimate of drug-likeness (QED) is 0.662. The normalized spacial score (nSPS) is 30.6. The standard InChI is InChI=1S/C12H20N2O3/c1-7-3-2-6-13-9(7)11(15)14-10(12(16)17)8-4-5-8/h7-10,13H,2-6H2,1H3,(H,14,15)(H,16,17). The number of carbonyl (C=O) groups excluding carboxylic acids is 1. The second-order valence-corrected chi connectivity index (χ2v) is 5.21. The van der Waals surface area contributed by atoms with Crippen LogP contribution in [-0.4, -0.2) is 35.6 Å². The average molecular weight is 240 g/mol. The highest BCUT2D eigenvalue weighted by Crippen LogP contribution is 2.33. The number of rotatable bonds is 4. The minimum absolute atomic E-state index is 0.135. The number of carboxylic acids is 1. The zero-order valence-electron chi connectivity index (χ0n) is 10.1. The number of carboxylic acid groups (broad SMARTS) is 1. The van der Waals surface area contributed by atoms with Crippen molar-refractivity contribution < 1.29 is 14.7 Å². The predicted octanol–water partition coefficient (Wildman–Crippen LogP) is 0.354. The van der Waals surface area contributed by atoms with Crippen molar-refractivity contribution in [3.63, 3.8) is 0 Å². The molecule has 0 radical (unpaired) electrons. The van der Waals surface area contributed by atoms with Gasteiger partial charge in [-0.25, -0.2) is 4.79 Å². The molecule has 1 aliphatic heterocycles. The lowest BCUT2D eigenvalue weighted by Crippen LogP contribution is -2.55. The molecular formula is C12H20N2O3. The Balaban J connectivity index is 1.92. The molecule has 1 amide bonds. The molecule has 1 saturated carbocycles.